The number of carbonyl (C=O) groups is 2. The summed E-state index contributed by atoms with van der Waals surface area (Å²) in [7, 11) is -5.92. The molecule has 0 saturated heterocycles. The molecule has 0 saturated carbocycles. The van der Waals surface area contributed by atoms with Crippen molar-refractivity contribution in [1.82, 2.24) is 0 Å². The molecule has 0 atom stereocenters. The van der Waals surface area contributed by atoms with Gasteiger partial charge in [0.15, 0.2) is 11.6 Å². The zero-order valence-corrected chi connectivity index (χ0v) is 19.0. The summed E-state index contributed by atoms with van der Waals surface area (Å²) in [6, 6.07) is 3.28. The Morgan fingerprint density at radius 1 is 1.03 bits per heavy atom. The van der Waals surface area contributed by atoms with Crippen LogP contribution < -0.4 is 9.47 Å². The summed E-state index contributed by atoms with van der Waals surface area (Å²) in [5, 5.41) is 0. The molecule has 7 nitrogen and oxygen atoms in total. The minimum absolute atomic E-state index is 0.155. The number of esters is 2. The minimum Gasteiger partial charge on any atom is -0.744 e. The lowest BCUT2D eigenvalue weighted by molar-refractivity contribution is -0.144. The Hall–Kier alpha value is -2.51. The molecule has 0 bridgehead atoms. The topological polar surface area (TPSA) is 110 Å². The lowest BCUT2D eigenvalue weighted by Crippen LogP contribution is -2.28. The van der Waals surface area contributed by atoms with E-state index in [0.717, 1.165) is 12.1 Å². The SMILES string of the molecule is CCC(C)(C)C(=O)Oc1cc(C(=O)Oc2c(F)c(F)c(S(=O)(=O)[O-])c(F)c2F)ccc1Br. The summed E-state index contributed by atoms with van der Waals surface area (Å²) in [6.07, 6.45) is 0.427. The van der Waals surface area contributed by atoms with Gasteiger partial charge in [0.05, 0.1) is 15.5 Å². The first-order valence-electron chi connectivity index (χ1n) is 8.67. The van der Waals surface area contributed by atoms with E-state index in [1.54, 1.807) is 20.8 Å². The second-order valence-electron chi connectivity index (χ2n) is 7.03. The van der Waals surface area contributed by atoms with Gasteiger partial charge in [-0.3, -0.25) is 4.79 Å². The minimum atomic E-state index is -5.92. The fourth-order valence-electron chi connectivity index (χ4n) is 2.14. The molecule has 2 aromatic rings. The quantitative estimate of drug-likeness (QED) is 0.174. The summed E-state index contributed by atoms with van der Waals surface area (Å²) in [4.78, 5) is 22.2. The Labute approximate surface area is 188 Å². The molecule has 0 amide bonds. The van der Waals surface area contributed by atoms with Crippen molar-refractivity contribution in [3.8, 4) is 11.5 Å². The van der Waals surface area contributed by atoms with Crippen molar-refractivity contribution in [2.24, 2.45) is 5.41 Å². The van der Waals surface area contributed by atoms with Crippen molar-refractivity contribution < 1.29 is 49.6 Å². The number of ether oxygens (including phenoxy) is 2. The zero-order valence-electron chi connectivity index (χ0n) is 16.6. The maximum absolute atomic E-state index is 14.1. The van der Waals surface area contributed by atoms with Crippen molar-refractivity contribution in [3.63, 3.8) is 0 Å². The second kappa shape index (κ2) is 9.16. The molecule has 32 heavy (non-hydrogen) atoms. The van der Waals surface area contributed by atoms with Gasteiger partial charge in [0.1, 0.15) is 20.8 Å². The molecule has 174 valence electrons. The van der Waals surface area contributed by atoms with Crippen molar-refractivity contribution in [1.29, 1.82) is 0 Å². The summed E-state index contributed by atoms with van der Waals surface area (Å²) >= 11 is 3.10. The lowest BCUT2D eigenvalue weighted by Gasteiger charge is -2.20. The van der Waals surface area contributed by atoms with E-state index in [1.165, 1.54) is 6.07 Å². The normalized spacial score (nSPS) is 11.9. The summed E-state index contributed by atoms with van der Waals surface area (Å²) in [5.41, 5.74) is -1.31. The Morgan fingerprint density at radius 3 is 2.03 bits per heavy atom. The predicted molar refractivity (Wildman–Crippen MR) is 103 cm³/mol. The molecule has 13 heteroatoms. The van der Waals surface area contributed by atoms with Crippen LogP contribution >= 0.6 is 15.9 Å². The highest BCUT2D eigenvalue weighted by atomic mass is 79.9. The largest absolute Gasteiger partial charge is 0.744 e. The molecule has 0 aliphatic heterocycles. The van der Waals surface area contributed by atoms with Crippen LogP contribution in [0.3, 0.4) is 0 Å². The van der Waals surface area contributed by atoms with Crippen LogP contribution in [0.2, 0.25) is 0 Å². The highest BCUT2D eigenvalue weighted by molar-refractivity contribution is 9.10. The van der Waals surface area contributed by atoms with Crippen LogP contribution in [-0.2, 0) is 14.9 Å². The maximum Gasteiger partial charge on any atom is 0.343 e. The molecule has 0 aliphatic carbocycles. The molecule has 0 unspecified atom stereocenters. The number of carbonyl (C=O) groups excluding carboxylic acids is 2. The van der Waals surface area contributed by atoms with Gasteiger partial charge in [0.25, 0.3) is 0 Å². The van der Waals surface area contributed by atoms with E-state index >= 15 is 0 Å². The molecule has 0 aliphatic rings. The molecule has 0 spiro atoms. The molecule has 0 fully saturated rings. The van der Waals surface area contributed by atoms with E-state index in [0.29, 0.717) is 6.42 Å². The van der Waals surface area contributed by atoms with Crippen molar-refractivity contribution in [2.75, 3.05) is 0 Å². The summed E-state index contributed by atoms with van der Waals surface area (Å²) in [6.45, 7) is 4.97. The number of hydrogen-bond acceptors (Lipinski definition) is 7. The smallest absolute Gasteiger partial charge is 0.343 e. The first-order valence-corrected chi connectivity index (χ1v) is 10.9. The zero-order chi connectivity index (χ0) is 24.6. The molecular formula is C19H14BrF4O7S-. The van der Waals surface area contributed by atoms with Gasteiger partial charge in [-0.25, -0.2) is 22.0 Å². The predicted octanol–water partition coefficient (Wildman–Crippen LogP) is 4.47. The van der Waals surface area contributed by atoms with E-state index in [2.05, 4.69) is 20.7 Å². The van der Waals surface area contributed by atoms with E-state index in [9.17, 15) is 40.1 Å². The van der Waals surface area contributed by atoms with Crippen LogP contribution in [0.5, 0.6) is 11.5 Å². The van der Waals surface area contributed by atoms with E-state index in [4.69, 9.17) is 4.74 Å². The van der Waals surface area contributed by atoms with E-state index in [1.807, 2.05) is 0 Å². The third-order valence-electron chi connectivity index (χ3n) is 4.43. The Morgan fingerprint density at radius 2 is 1.56 bits per heavy atom. The molecule has 0 radical (unpaired) electrons. The highest BCUT2D eigenvalue weighted by Gasteiger charge is 2.32. The van der Waals surface area contributed by atoms with Gasteiger partial charge in [-0.05, 0) is 54.4 Å². The molecule has 2 aromatic carbocycles. The van der Waals surface area contributed by atoms with Gasteiger partial charge in [0.2, 0.25) is 17.4 Å². The molecule has 2 rings (SSSR count). The average molecular weight is 542 g/mol. The molecule has 0 N–H and O–H groups in total. The fourth-order valence-corrected chi connectivity index (χ4v) is 3.09. The van der Waals surface area contributed by atoms with Crippen molar-refractivity contribution in [3.05, 3.63) is 51.5 Å². The standard InChI is InChI=1S/C19H15BrF4O7S/c1-4-19(2,3)18(26)30-10-7-8(5-6-9(10)20)17(25)31-15-11(21)13(23)16(32(27,28)29)14(24)12(15)22/h5-7H,4H2,1-3H3,(H,27,28,29)/p-1. The van der Waals surface area contributed by atoms with E-state index < -0.39 is 66.9 Å². The van der Waals surface area contributed by atoms with Crippen molar-refractivity contribution >= 4 is 38.0 Å². The van der Waals surface area contributed by atoms with Crippen LogP contribution in [0, 0.1) is 28.7 Å². The Bertz CT molecular complexity index is 1180. The summed E-state index contributed by atoms with van der Waals surface area (Å²) in [5.74, 6) is -14.1. The van der Waals surface area contributed by atoms with Crippen LogP contribution in [0.25, 0.3) is 0 Å². The number of hydrogen-bond donors (Lipinski definition) is 0. The second-order valence-corrected chi connectivity index (χ2v) is 9.20. The van der Waals surface area contributed by atoms with Crippen molar-refractivity contribution in [2.45, 2.75) is 32.1 Å². The monoisotopic (exact) mass is 541 g/mol. The third kappa shape index (κ3) is 5.10. The Kier molecular flexibility index (Phi) is 7.37. The van der Waals surface area contributed by atoms with Gasteiger partial charge in [0, 0.05) is 0 Å². The van der Waals surface area contributed by atoms with Gasteiger partial charge in [-0.15, -0.1) is 0 Å². The molecule has 0 aromatic heterocycles. The van der Waals surface area contributed by atoms with Gasteiger partial charge in [-0.1, -0.05) is 6.92 Å². The van der Waals surface area contributed by atoms with Crippen LogP contribution in [-0.4, -0.2) is 24.9 Å². The molecule has 0 heterocycles. The average Bonchev–Trinajstić information content (AvgIpc) is 2.70. The van der Waals surface area contributed by atoms with Crippen LogP contribution in [0.15, 0.2) is 27.6 Å². The highest BCUT2D eigenvalue weighted by Crippen LogP contribution is 2.34. The van der Waals surface area contributed by atoms with Crippen LogP contribution in [0.4, 0.5) is 17.6 Å². The fraction of sp³-hybridized carbons (Fsp3) is 0.263. The third-order valence-corrected chi connectivity index (χ3v) is 5.95. The van der Waals surface area contributed by atoms with Gasteiger partial charge >= 0.3 is 11.9 Å². The van der Waals surface area contributed by atoms with Gasteiger partial charge < -0.3 is 14.0 Å². The first-order chi connectivity index (χ1) is 14.6. The maximum atomic E-state index is 14.1. The summed E-state index contributed by atoms with van der Waals surface area (Å²) < 4.78 is 98.2. The number of halogens is 5. The first kappa shape index (κ1) is 25.7. The number of benzene rings is 2. The van der Waals surface area contributed by atoms with Crippen LogP contribution in [0.1, 0.15) is 37.6 Å². The number of rotatable bonds is 6. The lowest BCUT2D eigenvalue weighted by atomic mass is 9.91. The Balaban J connectivity index is 2.44. The van der Waals surface area contributed by atoms with E-state index in [-0.39, 0.29) is 10.2 Å². The molecular weight excluding hydrogens is 528 g/mol. The van der Waals surface area contributed by atoms with Gasteiger partial charge in [-0.2, -0.15) is 8.78 Å².